The minimum atomic E-state index is -1.55. The van der Waals surface area contributed by atoms with E-state index in [0.29, 0.717) is 22.5 Å². The summed E-state index contributed by atoms with van der Waals surface area (Å²) in [6.07, 6.45) is 0. The lowest BCUT2D eigenvalue weighted by Crippen LogP contribution is -2.53. The number of esters is 2. The van der Waals surface area contributed by atoms with Gasteiger partial charge in [0, 0.05) is 17.8 Å². The van der Waals surface area contributed by atoms with Gasteiger partial charge in [-0.05, 0) is 37.1 Å². The molecule has 210 valence electrons. The summed E-state index contributed by atoms with van der Waals surface area (Å²) in [5.41, 5.74) is 7.19. The number of nitrogens with zero attached hydrogens (tertiary/aromatic N) is 4. The quantitative estimate of drug-likeness (QED) is 0.197. The third-order valence-corrected chi connectivity index (χ3v) is 7.83. The Kier molecular flexibility index (Phi) is 6.61. The second-order valence-corrected chi connectivity index (χ2v) is 10.3. The van der Waals surface area contributed by atoms with Crippen LogP contribution in [0, 0.1) is 13.8 Å². The third-order valence-electron chi connectivity index (χ3n) is 7.83. The van der Waals surface area contributed by atoms with Gasteiger partial charge in [-0.3, -0.25) is 0 Å². The summed E-state index contributed by atoms with van der Waals surface area (Å²) in [5.74, 6) is -1.41. The standard InChI is InChI=1S/C34H30N4O4/c1-23-15-19-27(20-16-23)37-30(32(40)42-4)29(31(39)41-3)33(25-11-7-5-8-12-25)34(37,26-13-9-6-10-14-26)36-38(35-33)28-21-17-24(2)18-22-28/h5-22H,1-4H3/t33-,34+/m0/s1. The lowest BCUT2D eigenvalue weighted by Gasteiger charge is -2.47. The van der Waals surface area contributed by atoms with E-state index in [0.717, 1.165) is 11.1 Å². The molecule has 0 amide bonds. The van der Waals surface area contributed by atoms with E-state index in [-0.39, 0.29) is 11.3 Å². The van der Waals surface area contributed by atoms with Gasteiger partial charge in [0.1, 0.15) is 11.2 Å². The van der Waals surface area contributed by atoms with E-state index in [1.54, 1.807) is 9.71 Å². The van der Waals surface area contributed by atoms with Crippen molar-refractivity contribution in [3.05, 3.63) is 148 Å². The molecule has 0 bridgehead atoms. The number of rotatable bonds is 6. The Morgan fingerprint density at radius 2 is 1.24 bits per heavy atom. The van der Waals surface area contributed by atoms with Crippen LogP contribution >= 0.6 is 0 Å². The Morgan fingerprint density at radius 1 is 0.714 bits per heavy atom. The largest absolute Gasteiger partial charge is 0.466 e. The molecule has 0 saturated carbocycles. The zero-order valence-electron chi connectivity index (χ0n) is 23.8. The Morgan fingerprint density at radius 3 is 1.79 bits per heavy atom. The van der Waals surface area contributed by atoms with E-state index in [2.05, 4.69) is 0 Å². The van der Waals surface area contributed by atoms with Crippen LogP contribution in [0.1, 0.15) is 22.3 Å². The number of carbonyl (C=O) groups is 2. The van der Waals surface area contributed by atoms with Gasteiger partial charge in [0.2, 0.25) is 5.69 Å². The first kappa shape index (κ1) is 27.0. The summed E-state index contributed by atoms with van der Waals surface area (Å²) < 4.78 is 10.7. The molecule has 0 radical (unpaired) electrons. The van der Waals surface area contributed by atoms with E-state index in [9.17, 15) is 9.59 Å². The van der Waals surface area contributed by atoms with Crippen molar-refractivity contribution in [3.8, 4) is 0 Å². The molecule has 0 N–H and O–H groups in total. The average Bonchev–Trinajstić information content (AvgIpc) is 3.51. The van der Waals surface area contributed by atoms with Gasteiger partial charge < -0.3 is 14.4 Å². The van der Waals surface area contributed by atoms with Crippen molar-refractivity contribution in [2.75, 3.05) is 19.1 Å². The number of hydrogen-bond acceptors (Lipinski definition) is 6. The molecule has 0 aromatic heterocycles. The SMILES string of the molecule is COC(=O)C1=C(C(=O)OC)[C@]2(c3ccccc3)N=[N+](c3ccc(C)cc3)[N-][C@]2(c2ccccc2)N1c1ccc(C)cc1. The summed E-state index contributed by atoms with van der Waals surface area (Å²) in [6.45, 7) is 3.99. The van der Waals surface area contributed by atoms with E-state index >= 15 is 0 Å². The van der Waals surface area contributed by atoms with Gasteiger partial charge in [-0.15, -0.1) is 4.81 Å². The smallest absolute Gasteiger partial charge is 0.355 e. The molecule has 0 spiro atoms. The maximum atomic E-state index is 14.0. The highest BCUT2D eigenvalue weighted by atomic mass is 16.5. The summed E-state index contributed by atoms with van der Waals surface area (Å²) in [4.78, 5) is 31.2. The van der Waals surface area contributed by atoms with Gasteiger partial charge >= 0.3 is 11.9 Å². The van der Waals surface area contributed by atoms with Gasteiger partial charge in [0.15, 0.2) is 5.66 Å². The molecule has 8 heteroatoms. The maximum Gasteiger partial charge on any atom is 0.355 e. The minimum absolute atomic E-state index is 0.0111. The molecule has 8 nitrogen and oxygen atoms in total. The van der Waals surface area contributed by atoms with Crippen LogP contribution in [0.2, 0.25) is 0 Å². The molecular formula is C34H30N4O4. The van der Waals surface area contributed by atoms with Crippen molar-refractivity contribution in [2.45, 2.75) is 25.0 Å². The number of fused-ring (bicyclic) bond motifs is 1. The first-order valence-electron chi connectivity index (χ1n) is 13.6. The highest BCUT2D eigenvalue weighted by Gasteiger charge is 2.70. The number of methoxy groups -OCH3 is 2. The molecule has 2 atom stereocenters. The lowest BCUT2D eigenvalue weighted by molar-refractivity contribution is -0.457. The van der Waals surface area contributed by atoms with Crippen LogP contribution in [0.25, 0.3) is 5.43 Å². The molecule has 4 aromatic rings. The Hall–Kier alpha value is -5.24. The lowest BCUT2D eigenvalue weighted by atomic mass is 9.72. The van der Waals surface area contributed by atoms with E-state index in [4.69, 9.17) is 20.0 Å². The van der Waals surface area contributed by atoms with Crippen LogP contribution in [0.5, 0.6) is 0 Å². The topological polar surface area (TPSA) is 85.3 Å². The van der Waals surface area contributed by atoms with Gasteiger partial charge in [-0.1, -0.05) is 96.1 Å². The number of azo groups is 1. The fraction of sp³-hybridized carbons (Fsp3) is 0.176. The molecule has 4 aromatic carbocycles. The number of aryl methyl sites for hydroxylation is 2. The average molecular weight is 559 g/mol. The predicted octanol–water partition coefficient (Wildman–Crippen LogP) is 6.57. The van der Waals surface area contributed by atoms with E-state index < -0.39 is 23.1 Å². The predicted molar refractivity (Wildman–Crippen MR) is 158 cm³/mol. The summed E-state index contributed by atoms with van der Waals surface area (Å²) in [7, 11) is 2.59. The third kappa shape index (κ3) is 3.83. The Labute approximate surface area is 244 Å². The van der Waals surface area contributed by atoms with Crippen molar-refractivity contribution in [1.82, 2.24) is 0 Å². The van der Waals surface area contributed by atoms with Crippen LogP contribution in [-0.2, 0) is 30.3 Å². The number of benzene rings is 4. The maximum absolute atomic E-state index is 14.0. The Balaban J connectivity index is 1.82. The molecule has 42 heavy (non-hydrogen) atoms. The van der Waals surface area contributed by atoms with Gasteiger partial charge in [0.25, 0.3) is 0 Å². The molecule has 0 unspecified atom stereocenters. The molecule has 0 fully saturated rings. The highest BCUT2D eigenvalue weighted by molar-refractivity contribution is 6.08. The first-order valence-corrected chi connectivity index (χ1v) is 13.6. The fourth-order valence-electron chi connectivity index (χ4n) is 5.91. The number of carbonyl (C=O) groups excluding carboxylic acids is 2. The minimum Gasteiger partial charge on any atom is -0.466 e. The second-order valence-electron chi connectivity index (χ2n) is 10.3. The molecule has 0 saturated heterocycles. The van der Waals surface area contributed by atoms with E-state index in [1.165, 1.54) is 14.2 Å². The van der Waals surface area contributed by atoms with Crippen LogP contribution < -0.4 is 4.90 Å². The van der Waals surface area contributed by atoms with Crippen molar-refractivity contribution in [2.24, 2.45) is 5.11 Å². The zero-order valence-corrected chi connectivity index (χ0v) is 23.8. The summed E-state index contributed by atoms with van der Waals surface area (Å²) in [6, 6.07) is 34.6. The Bertz CT molecular complexity index is 1720. The molecule has 2 aliphatic rings. The monoisotopic (exact) mass is 558 g/mol. The van der Waals surface area contributed by atoms with Crippen molar-refractivity contribution < 1.29 is 23.9 Å². The van der Waals surface area contributed by atoms with Gasteiger partial charge in [-0.25, -0.2) is 9.59 Å². The van der Waals surface area contributed by atoms with Crippen LogP contribution in [0.15, 0.2) is 126 Å². The second kappa shape index (κ2) is 10.3. The molecule has 0 aliphatic carbocycles. The molecular weight excluding hydrogens is 528 g/mol. The van der Waals surface area contributed by atoms with Crippen molar-refractivity contribution in [3.63, 3.8) is 0 Å². The van der Waals surface area contributed by atoms with Crippen molar-refractivity contribution >= 4 is 23.3 Å². The molecule has 6 rings (SSSR count). The summed E-state index contributed by atoms with van der Waals surface area (Å²) >= 11 is 0. The fourth-order valence-corrected chi connectivity index (χ4v) is 5.91. The normalized spacial score (nSPS) is 21.0. The van der Waals surface area contributed by atoms with Crippen LogP contribution in [0.3, 0.4) is 0 Å². The number of hydrogen-bond donors (Lipinski definition) is 0. The van der Waals surface area contributed by atoms with Gasteiger partial charge in [0.05, 0.1) is 19.8 Å². The number of ether oxygens (including phenoxy) is 2. The molecule has 2 aliphatic heterocycles. The molecule has 2 heterocycles. The van der Waals surface area contributed by atoms with E-state index in [1.807, 2.05) is 123 Å². The van der Waals surface area contributed by atoms with Crippen LogP contribution in [-0.4, -0.2) is 31.0 Å². The highest BCUT2D eigenvalue weighted by Crippen LogP contribution is 2.66. The van der Waals surface area contributed by atoms with Gasteiger partial charge in [-0.2, -0.15) is 10.5 Å². The van der Waals surface area contributed by atoms with Crippen molar-refractivity contribution in [1.29, 1.82) is 0 Å². The summed E-state index contributed by atoms with van der Waals surface area (Å²) in [5, 5.41) is 5.27. The van der Waals surface area contributed by atoms with Crippen LogP contribution in [0.4, 0.5) is 11.4 Å². The first-order chi connectivity index (χ1) is 20.4. The zero-order chi connectivity index (χ0) is 29.5. The number of anilines is 1.